The molecule has 9 heteroatoms. The highest BCUT2D eigenvalue weighted by Gasteiger charge is 2.11. The molecule has 31 heavy (non-hydrogen) atoms. The molecule has 5 nitrogen and oxygen atoms in total. The number of thiazole rings is 1. The standard InChI is InChI=1S/C22H15ClFN3O2S2/c23-16-10-14(6-8-17(16)24)25-20(28)12-30-22-27-18-9-7-15(11-19(18)31-22)26-21(29)13-4-2-1-3-5-13/h1-11H,12H2,(H,25,28)(H,26,29). The molecule has 1 heterocycles. The number of rotatable bonds is 6. The molecule has 4 rings (SSSR count). The molecule has 0 spiro atoms. The summed E-state index contributed by atoms with van der Waals surface area (Å²) in [5, 5.41) is 5.51. The summed E-state index contributed by atoms with van der Waals surface area (Å²) in [6, 6.07) is 18.5. The Bertz CT molecular complexity index is 1260. The summed E-state index contributed by atoms with van der Waals surface area (Å²) in [7, 11) is 0. The number of thioether (sulfide) groups is 1. The first-order valence-electron chi connectivity index (χ1n) is 9.12. The van der Waals surface area contributed by atoms with E-state index in [2.05, 4.69) is 15.6 Å². The smallest absolute Gasteiger partial charge is 0.255 e. The van der Waals surface area contributed by atoms with Gasteiger partial charge in [-0.15, -0.1) is 11.3 Å². The van der Waals surface area contributed by atoms with E-state index >= 15 is 0 Å². The van der Waals surface area contributed by atoms with Crippen LogP contribution in [-0.4, -0.2) is 22.6 Å². The van der Waals surface area contributed by atoms with Gasteiger partial charge in [-0.1, -0.05) is 41.6 Å². The monoisotopic (exact) mass is 471 g/mol. The number of amides is 2. The quantitative estimate of drug-likeness (QED) is 0.335. The van der Waals surface area contributed by atoms with Gasteiger partial charge < -0.3 is 10.6 Å². The van der Waals surface area contributed by atoms with Gasteiger partial charge in [0, 0.05) is 16.9 Å². The summed E-state index contributed by atoms with van der Waals surface area (Å²) < 4.78 is 14.8. The van der Waals surface area contributed by atoms with Crippen molar-refractivity contribution in [2.24, 2.45) is 0 Å². The molecule has 4 aromatic rings. The Morgan fingerprint density at radius 3 is 2.52 bits per heavy atom. The van der Waals surface area contributed by atoms with E-state index in [-0.39, 0.29) is 22.6 Å². The van der Waals surface area contributed by atoms with E-state index in [4.69, 9.17) is 11.6 Å². The Balaban J connectivity index is 1.38. The SMILES string of the molecule is O=C(CSc1nc2ccc(NC(=O)c3ccccc3)cc2s1)Nc1ccc(F)c(Cl)c1. The summed E-state index contributed by atoms with van der Waals surface area (Å²) in [6.45, 7) is 0. The van der Waals surface area contributed by atoms with E-state index in [1.807, 2.05) is 30.3 Å². The van der Waals surface area contributed by atoms with Crippen LogP contribution < -0.4 is 10.6 Å². The van der Waals surface area contributed by atoms with Gasteiger partial charge in [0.1, 0.15) is 5.82 Å². The second kappa shape index (κ2) is 9.47. The van der Waals surface area contributed by atoms with Gasteiger partial charge in [0.25, 0.3) is 5.91 Å². The van der Waals surface area contributed by atoms with Crippen molar-refractivity contribution in [1.82, 2.24) is 4.98 Å². The van der Waals surface area contributed by atoms with E-state index in [1.165, 1.54) is 41.3 Å². The van der Waals surface area contributed by atoms with Gasteiger partial charge >= 0.3 is 0 Å². The second-order valence-corrected chi connectivity index (χ2v) is 9.11. The zero-order valence-corrected chi connectivity index (χ0v) is 18.3. The van der Waals surface area contributed by atoms with Crippen molar-refractivity contribution in [3.8, 4) is 0 Å². The maximum absolute atomic E-state index is 13.2. The number of nitrogens with zero attached hydrogens (tertiary/aromatic N) is 1. The van der Waals surface area contributed by atoms with Crippen LogP contribution in [0.15, 0.2) is 71.1 Å². The van der Waals surface area contributed by atoms with E-state index in [0.717, 1.165) is 14.6 Å². The third-order valence-corrected chi connectivity index (χ3v) is 6.64. The van der Waals surface area contributed by atoms with Crippen LogP contribution >= 0.6 is 34.7 Å². The first-order valence-corrected chi connectivity index (χ1v) is 11.3. The van der Waals surface area contributed by atoms with Crippen molar-refractivity contribution in [3.05, 3.63) is 83.1 Å². The molecular formula is C22H15ClFN3O2S2. The Kier molecular flexibility index (Phi) is 6.50. The molecule has 0 aliphatic heterocycles. The fourth-order valence-electron chi connectivity index (χ4n) is 2.73. The van der Waals surface area contributed by atoms with E-state index in [9.17, 15) is 14.0 Å². The minimum Gasteiger partial charge on any atom is -0.325 e. The van der Waals surface area contributed by atoms with Gasteiger partial charge in [-0.2, -0.15) is 0 Å². The lowest BCUT2D eigenvalue weighted by atomic mass is 10.2. The van der Waals surface area contributed by atoms with Crippen molar-refractivity contribution >= 4 is 68.1 Å². The maximum Gasteiger partial charge on any atom is 0.255 e. The molecule has 0 radical (unpaired) electrons. The molecule has 2 N–H and O–H groups in total. The fraction of sp³-hybridized carbons (Fsp3) is 0.0455. The molecule has 0 saturated carbocycles. The van der Waals surface area contributed by atoms with Gasteiger partial charge in [0.15, 0.2) is 4.34 Å². The van der Waals surface area contributed by atoms with Gasteiger partial charge in [-0.3, -0.25) is 9.59 Å². The molecule has 0 unspecified atom stereocenters. The lowest BCUT2D eigenvalue weighted by Crippen LogP contribution is -2.13. The topological polar surface area (TPSA) is 71.1 Å². The predicted octanol–water partition coefficient (Wildman–Crippen LogP) is 6.07. The Morgan fingerprint density at radius 1 is 1.00 bits per heavy atom. The minimum absolute atomic E-state index is 0.0493. The molecule has 156 valence electrons. The average Bonchev–Trinajstić information content (AvgIpc) is 3.18. The number of carbonyl (C=O) groups excluding carboxylic acids is 2. The third-order valence-electron chi connectivity index (χ3n) is 4.19. The number of nitrogens with one attached hydrogen (secondary N) is 2. The number of aromatic nitrogens is 1. The van der Waals surface area contributed by atoms with Gasteiger partial charge in [-0.25, -0.2) is 9.37 Å². The summed E-state index contributed by atoms with van der Waals surface area (Å²) in [5.74, 6) is -0.825. The van der Waals surface area contributed by atoms with Gasteiger partial charge in [0.05, 0.1) is 21.0 Å². The average molecular weight is 472 g/mol. The molecule has 0 saturated heterocycles. The predicted molar refractivity (Wildman–Crippen MR) is 125 cm³/mol. The molecular weight excluding hydrogens is 457 g/mol. The number of fused-ring (bicyclic) bond motifs is 1. The fourth-order valence-corrected chi connectivity index (χ4v) is 4.82. The van der Waals surface area contributed by atoms with Crippen molar-refractivity contribution < 1.29 is 14.0 Å². The molecule has 2 amide bonds. The van der Waals surface area contributed by atoms with E-state index in [1.54, 1.807) is 18.2 Å². The lowest BCUT2D eigenvalue weighted by molar-refractivity contribution is -0.113. The molecule has 0 aliphatic rings. The number of benzene rings is 3. The van der Waals surface area contributed by atoms with Crippen LogP contribution in [0.4, 0.5) is 15.8 Å². The van der Waals surface area contributed by atoms with E-state index in [0.29, 0.717) is 16.9 Å². The molecule has 1 aromatic heterocycles. The highest BCUT2D eigenvalue weighted by Crippen LogP contribution is 2.31. The number of hydrogen-bond donors (Lipinski definition) is 2. The molecule has 0 bridgehead atoms. The number of anilines is 2. The van der Waals surface area contributed by atoms with Crippen LogP contribution in [0.3, 0.4) is 0 Å². The Labute approximate surface area is 190 Å². The van der Waals surface area contributed by atoms with Crippen LogP contribution in [0.25, 0.3) is 10.2 Å². The zero-order chi connectivity index (χ0) is 21.8. The van der Waals surface area contributed by atoms with Crippen LogP contribution in [0, 0.1) is 5.82 Å². The Hall–Kier alpha value is -2.94. The molecule has 0 atom stereocenters. The maximum atomic E-state index is 13.2. The van der Waals surface area contributed by atoms with Crippen molar-refractivity contribution in [1.29, 1.82) is 0 Å². The number of carbonyl (C=O) groups is 2. The van der Waals surface area contributed by atoms with Crippen molar-refractivity contribution in [3.63, 3.8) is 0 Å². The minimum atomic E-state index is -0.539. The summed E-state index contributed by atoms with van der Waals surface area (Å²) >= 11 is 8.46. The van der Waals surface area contributed by atoms with Crippen LogP contribution in [0.1, 0.15) is 10.4 Å². The molecule has 0 fully saturated rings. The van der Waals surface area contributed by atoms with Crippen LogP contribution in [-0.2, 0) is 4.79 Å². The normalized spacial score (nSPS) is 10.8. The summed E-state index contributed by atoms with van der Waals surface area (Å²) in [4.78, 5) is 29.0. The Morgan fingerprint density at radius 2 is 1.74 bits per heavy atom. The zero-order valence-electron chi connectivity index (χ0n) is 15.9. The van der Waals surface area contributed by atoms with Gasteiger partial charge in [0.2, 0.25) is 5.91 Å². The van der Waals surface area contributed by atoms with Crippen LogP contribution in [0.5, 0.6) is 0 Å². The largest absolute Gasteiger partial charge is 0.325 e. The first kappa shape index (κ1) is 21.3. The highest BCUT2D eigenvalue weighted by atomic mass is 35.5. The summed E-state index contributed by atoms with van der Waals surface area (Å²) in [5.41, 5.74) is 2.47. The second-order valence-electron chi connectivity index (χ2n) is 6.45. The first-order chi connectivity index (χ1) is 15.0. The third kappa shape index (κ3) is 5.41. The number of halogens is 2. The highest BCUT2D eigenvalue weighted by molar-refractivity contribution is 8.01. The van der Waals surface area contributed by atoms with Gasteiger partial charge in [-0.05, 0) is 48.5 Å². The van der Waals surface area contributed by atoms with Crippen molar-refractivity contribution in [2.45, 2.75) is 4.34 Å². The lowest BCUT2D eigenvalue weighted by Gasteiger charge is -2.05. The molecule has 3 aromatic carbocycles. The van der Waals surface area contributed by atoms with Crippen LogP contribution in [0.2, 0.25) is 5.02 Å². The number of hydrogen-bond acceptors (Lipinski definition) is 5. The van der Waals surface area contributed by atoms with E-state index < -0.39 is 5.82 Å². The van der Waals surface area contributed by atoms with Crippen molar-refractivity contribution in [2.75, 3.05) is 16.4 Å². The molecule has 0 aliphatic carbocycles. The summed E-state index contributed by atoms with van der Waals surface area (Å²) in [6.07, 6.45) is 0.